The number of anilines is 1. The van der Waals surface area contributed by atoms with Crippen molar-refractivity contribution in [2.24, 2.45) is 5.41 Å². The molecule has 0 radical (unpaired) electrons. The lowest BCUT2D eigenvalue weighted by atomic mass is 9.81. The van der Waals surface area contributed by atoms with E-state index in [1.54, 1.807) is 0 Å². The molecule has 1 N–H and O–H groups in total. The Morgan fingerprint density at radius 1 is 1.06 bits per heavy atom. The number of benzene rings is 1. The highest BCUT2D eigenvalue weighted by Crippen LogP contribution is 2.29. The molecule has 1 aromatic rings. The van der Waals surface area contributed by atoms with Crippen molar-refractivity contribution < 1.29 is 0 Å². The summed E-state index contributed by atoms with van der Waals surface area (Å²) in [7, 11) is 0. The maximum atomic E-state index is 8.74. The molecule has 17 heavy (non-hydrogen) atoms. The van der Waals surface area contributed by atoms with E-state index in [1.165, 1.54) is 0 Å². The average molecular weight is 230 g/mol. The van der Waals surface area contributed by atoms with Crippen molar-refractivity contribution in [1.82, 2.24) is 0 Å². The van der Waals surface area contributed by atoms with E-state index in [4.69, 9.17) is 5.26 Å². The van der Waals surface area contributed by atoms with Crippen molar-refractivity contribution in [2.45, 2.75) is 46.6 Å². The Kier molecular flexibility index (Phi) is 3.83. The largest absolute Gasteiger partial charge is 0.380 e. The van der Waals surface area contributed by atoms with Crippen LogP contribution in [0, 0.1) is 16.7 Å². The van der Waals surface area contributed by atoms with Gasteiger partial charge < -0.3 is 5.32 Å². The van der Waals surface area contributed by atoms with Gasteiger partial charge in [0, 0.05) is 11.2 Å². The Bertz CT molecular complexity index is 402. The van der Waals surface area contributed by atoms with Crippen LogP contribution >= 0.6 is 0 Å². The van der Waals surface area contributed by atoms with Gasteiger partial charge in [0.1, 0.15) is 0 Å². The van der Waals surface area contributed by atoms with Crippen molar-refractivity contribution in [2.75, 3.05) is 5.32 Å². The zero-order chi connectivity index (χ0) is 13.1. The van der Waals surface area contributed by atoms with Gasteiger partial charge in [-0.3, -0.25) is 0 Å². The van der Waals surface area contributed by atoms with Crippen LogP contribution in [0.4, 0.5) is 5.69 Å². The molecule has 0 heterocycles. The number of hydrogen-bond donors (Lipinski definition) is 1. The fourth-order valence-electron chi connectivity index (χ4n) is 2.39. The highest BCUT2D eigenvalue weighted by molar-refractivity contribution is 5.48. The summed E-state index contributed by atoms with van der Waals surface area (Å²) in [4.78, 5) is 0. The van der Waals surface area contributed by atoms with Crippen molar-refractivity contribution in [3.63, 3.8) is 0 Å². The third-order valence-corrected chi connectivity index (χ3v) is 2.47. The summed E-state index contributed by atoms with van der Waals surface area (Å²) in [6.45, 7) is 11.1. The predicted molar refractivity (Wildman–Crippen MR) is 72.9 cm³/mol. The number of nitrogens with one attached hydrogen (secondary N) is 1. The standard InChI is InChI=1S/C15H22N2/c1-14(2,3)11-15(4,5)17-13-8-6-12(10-16)7-9-13/h6-9,17H,11H2,1-5H3. The summed E-state index contributed by atoms with van der Waals surface area (Å²) >= 11 is 0. The summed E-state index contributed by atoms with van der Waals surface area (Å²) in [5.41, 5.74) is 2.11. The summed E-state index contributed by atoms with van der Waals surface area (Å²) in [6.07, 6.45) is 1.08. The zero-order valence-corrected chi connectivity index (χ0v) is 11.5. The molecule has 0 amide bonds. The van der Waals surface area contributed by atoms with Crippen LogP contribution in [0.3, 0.4) is 0 Å². The van der Waals surface area contributed by atoms with E-state index < -0.39 is 0 Å². The Morgan fingerprint density at radius 3 is 2.00 bits per heavy atom. The van der Waals surface area contributed by atoms with Gasteiger partial charge >= 0.3 is 0 Å². The van der Waals surface area contributed by atoms with Gasteiger partial charge in [0.15, 0.2) is 0 Å². The first-order valence-corrected chi connectivity index (χ1v) is 6.00. The van der Waals surface area contributed by atoms with Gasteiger partial charge in [0.05, 0.1) is 11.6 Å². The van der Waals surface area contributed by atoms with Crippen molar-refractivity contribution >= 4 is 5.69 Å². The molecule has 1 rings (SSSR count). The maximum Gasteiger partial charge on any atom is 0.0991 e. The lowest BCUT2D eigenvalue weighted by Crippen LogP contribution is -2.35. The van der Waals surface area contributed by atoms with Crippen LogP contribution in [0.15, 0.2) is 24.3 Å². The zero-order valence-electron chi connectivity index (χ0n) is 11.5. The molecule has 0 spiro atoms. The normalized spacial score (nSPS) is 12.0. The molecular formula is C15H22N2. The van der Waals surface area contributed by atoms with E-state index in [1.807, 2.05) is 24.3 Å². The smallest absolute Gasteiger partial charge is 0.0991 e. The number of hydrogen-bond acceptors (Lipinski definition) is 2. The molecule has 1 aromatic carbocycles. The Hall–Kier alpha value is -1.49. The molecule has 0 fully saturated rings. The van der Waals surface area contributed by atoms with E-state index in [9.17, 15) is 0 Å². The Labute approximate surface area is 105 Å². The van der Waals surface area contributed by atoms with Crippen LogP contribution < -0.4 is 5.32 Å². The predicted octanol–water partition coefficient (Wildman–Crippen LogP) is 4.18. The van der Waals surface area contributed by atoms with Crippen LogP contribution in [0.25, 0.3) is 0 Å². The third-order valence-electron chi connectivity index (χ3n) is 2.47. The second kappa shape index (κ2) is 4.79. The van der Waals surface area contributed by atoms with Crippen molar-refractivity contribution in [3.8, 4) is 6.07 Å². The monoisotopic (exact) mass is 230 g/mol. The second-order valence-electron chi connectivity index (χ2n) is 6.44. The van der Waals surface area contributed by atoms with E-state index >= 15 is 0 Å². The van der Waals surface area contributed by atoms with E-state index in [0.717, 1.165) is 12.1 Å². The molecule has 0 saturated carbocycles. The van der Waals surface area contributed by atoms with Crippen molar-refractivity contribution in [1.29, 1.82) is 5.26 Å². The minimum Gasteiger partial charge on any atom is -0.380 e. The molecule has 0 aliphatic heterocycles. The first-order valence-electron chi connectivity index (χ1n) is 6.00. The molecule has 92 valence electrons. The van der Waals surface area contributed by atoms with Gasteiger partial charge in [-0.2, -0.15) is 5.26 Å². The summed E-state index contributed by atoms with van der Waals surface area (Å²) in [6, 6.07) is 9.74. The fourth-order valence-corrected chi connectivity index (χ4v) is 2.39. The Morgan fingerprint density at radius 2 is 1.59 bits per heavy atom. The first-order chi connectivity index (χ1) is 7.72. The SMILES string of the molecule is CC(C)(C)CC(C)(C)Nc1ccc(C#N)cc1. The Balaban J connectivity index is 2.73. The number of rotatable bonds is 3. The van der Waals surface area contributed by atoms with E-state index in [-0.39, 0.29) is 5.54 Å². The van der Waals surface area contributed by atoms with Gasteiger partial charge in [-0.05, 0) is 49.9 Å². The van der Waals surface area contributed by atoms with Crippen LogP contribution in [-0.2, 0) is 0 Å². The van der Waals surface area contributed by atoms with Crippen LogP contribution in [0.2, 0.25) is 0 Å². The number of nitriles is 1. The molecule has 0 aliphatic rings. The molecule has 0 aromatic heterocycles. The van der Waals surface area contributed by atoms with Gasteiger partial charge in [-0.1, -0.05) is 20.8 Å². The highest BCUT2D eigenvalue weighted by atomic mass is 15.0. The molecule has 0 atom stereocenters. The molecule has 0 aliphatic carbocycles. The molecule has 0 unspecified atom stereocenters. The average Bonchev–Trinajstić information content (AvgIpc) is 2.14. The van der Waals surface area contributed by atoms with Gasteiger partial charge in [0.25, 0.3) is 0 Å². The fraction of sp³-hybridized carbons (Fsp3) is 0.533. The van der Waals surface area contributed by atoms with E-state index in [0.29, 0.717) is 11.0 Å². The lowest BCUT2D eigenvalue weighted by molar-refractivity contribution is 0.302. The molecular weight excluding hydrogens is 208 g/mol. The maximum absolute atomic E-state index is 8.74. The molecule has 2 heteroatoms. The molecule has 0 bridgehead atoms. The van der Waals surface area contributed by atoms with Crippen LogP contribution in [0.1, 0.15) is 46.6 Å². The van der Waals surface area contributed by atoms with Gasteiger partial charge in [0.2, 0.25) is 0 Å². The first kappa shape index (κ1) is 13.6. The van der Waals surface area contributed by atoms with Gasteiger partial charge in [-0.25, -0.2) is 0 Å². The van der Waals surface area contributed by atoms with Crippen LogP contribution in [0.5, 0.6) is 0 Å². The summed E-state index contributed by atoms with van der Waals surface area (Å²) < 4.78 is 0. The topological polar surface area (TPSA) is 35.8 Å². The highest BCUT2D eigenvalue weighted by Gasteiger charge is 2.24. The minimum atomic E-state index is 0.0480. The number of nitrogens with zero attached hydrogens (tertiary/aromatic N) is 1. The second-order valence-corrected chi connectivity index (χ2v) is 6.44. The lowest BCUT2D eigenvalue weighted by Gasteiger charge is -2.34. The summed E-state index contributed by atoms with van der Waals surface area (Å²) in [5, 5.41) is 12.3. The summed E-state index contributed by atoms with van der Waals surface area (Å²) in [5.74, 6) is 0. The minimum absolute atomic E-state index is 0.0480. The van der Waals surface area contributed by atoms with Crippen LogP contribution in [-0.4, -0.2) is 5.54 Å². The third kappa shape index (κ3) is 4.91. The van der Waals surface area contributed by atoms with E-state index in [2.05, 4.69) is 46.0 Å². The van der Waals surface area contributed by atoms with Gasteiger partial charge in [-0.15, -0.1) is 0 Å². The molecule has 0 saturated heterocycles. The molecule has 2 nitrogen and oxygen atoms in total. The quantitative estimate of drug-likeness (QED) is 0.845. The van der Waals surface area contributed by atoms with Crippen molar-refractivity contribution in [3.05, 3.63) is 29.8 Å².